The molecule has 8 nitrogen and oxygen atoms in total. The third-order valence-corrected chi connectivity index (χ3v) is 5.97. The molecule has 1 amide bonds. The van der Waals surface area contributed by atoms with Crippen molar-refractivity contribution in [3.8, 4) is 17.2 Å². The van der Waals surface area contributed by atoms with Crippen LogP contribution >= 0.6 is 11.6 Å². The summed E-state index contributed by atoms with van der Waals surface area (Å²) >= 11 is 5.99. The zero-order chi connectivity index (χ0) is 24.0. The summed E-state index contributed by atoms with van der Waals surface area (Å²) in [5.41, 5.74) is 1.58. The quantitative estimate of drug-likeness (QED) is 0.542. The van der Waals surface area contributed by atoms with E-state index in [2.05, 4.69) is 0 Å². The lowest BCUT2D eigenvalue weighted by molar-refractivity contribution is -0.148. The topological polar surface area (TPSA) is 77.5 Å². The van der Waals surface area contributed by atoms with Gasteiger partial charge in [-0.15, -0.1) is 0 Å². The van der Waals surface area contributed by atoms with Crippen LogP contribution in [0.4, 0.5) is 0 Å². The Bertz CT molecular complexity index is 948. The van der Waals surface area contributed by atoms with E-state index in [1.165, 1.54) is 14.2 Å². The predicted molar refractivity (Wildman–Crippen MR) is 124 cm³/mol. The third kappa shape index (κ3) is 5.69. The molecule has 0 aliphatic carbocycles. The molecule has 1 fully saturated rings. The van der Waals surface area contributed by atoms with E-state index in [0.717, 1.165) is 11.1 Å². The van der Waals surface area contributed by atoms with E-state index in [4.69, 9.17) is 30.5 Å². The van der Waals surface area contributed by atoms with E-state index >= 15 is 0 Å². The van der Waals surface area contributed by atoms with Crippen LogP contribution in [-0.4, -0.2) is 76.3 Å². The number of halogens is 1. The number of carbonyl (C=O) groups excluding carboxylic acids is 2. The molecule has 1 heterocycles. The van der Waals surface area contributed by atoms with E-state index in [1.54, 1.807) is 43.4 Å². The number of esters is 1. The second-order valence-corrected chi connectivity index (χ2v) is 8.04. The predicted octanol–water partition coefficient (Wildman–Crippen LogP) is 2.97. The maximum atomic E-state index is 13.0. The number of benzene rings is 2. The number of hydrogen-bond donors (Lipinski definition) is 0. The second kappa shape index (κ2) is 11.2. The van der Waals surface area contributed by atoms with Crippen LogP contribution in [0.15, 0.2) is 36.4 Å². The molecule has 1 saturated heterocycles. The van der Waals surface area contributed by atoms with Gasteiger partial charge in [0.1, 0.15) is 6.04 Å². The summed E-state index contributed by atoms with van der Waals surface area (Å²) in [6.07, 6.45) is 0.203. The Balaban J connectivity index is 1.68. The van der Waals surface area contributed by atoms with Crippen LogP contribution in [0, 0.1) is 0 Å². The van der Waals surface area contributed by atoms with Gasteiger partial charge in [-0.25, -0.2) is 4.79 Å². The van der Waals surface area contributed by atoms with E-state index < -0.39 is 6.04 Å². The van der Waals surface area contributed by atoms with Crippen LogP contribution in [0.2, 0.25) is 5.02 Å². The molecule has 0 bridgehead atoms. The number of carbonyl (C=O) groups is 2. The first kappa shape index (κ1) is 24.7. The standard InChI is InChI=1S/C24H29ClN2O6/c1-30-19-13-16(14-20(31-2)23(19)32-3)15-21(28)26-9-11-27(12-10-26)22(24(29)33-4)17-5-7-18(25)8-6-17/h5-8,13-14,22H,9-12,15H2,1-4H3/t22-/m1/s1. The van der Waals surface area contributed by atoms with Gasteiger partial charge in [-0.2, -0.15) is 0 Å². The Morgan fingerprint density at radius 1 is 0.909 bits per heavy atom. The lowest BCUT2D eigenvalue weighted by atomic mass is 10.0. The van der Waals surface area contributed by atoms with Crippen LogP contribution < -0.4 is 14.2 Å². The zero-order valence-electron chi connectivity index (χ0n) is 19.3. The Kier molecular flexibility index (Phi) is 8.41. The SMILES string of the molecule is COC(=O)[C@@H](c1ccc(Cl)cc1)N1CCN(C(=O)Cc2cc(OC)c(OC)c(OC)c2)CC1. The van der Waals surface area contributed by atoms with Crippen LogP contribution in [0.1, 0.15) is 17.2 Å². The van der Waals surface area contributed by atoms with Crippen molar-refractivity contribution in [1.29, 1.82) is 0 Å². The molecule has 0 unspecified atom stereocenters. The van der Waals surface area contributed by atoms with Crippen LogP contribution in [0.3, 0.4) is 0 Å². The highest BCUT2D eigenvalue weighted by Gasteiger charge is 2.32. The molecule has 1 atom stereocenters. The lowest BCUT2D eigenvalue weighted by Crippen LogP contribution is -2.51. The molecule has 1 aliphatic heterocycles. The average Bonchev–Trinajstić information content (AvgIpc) is 2.84. The number of rotatable bonds is 8. The molecule has 0 N–H and O–H groups in total. The van der Waals surface area contributed by atoms with Gasteiger partial charge in [0.05, 0.1) is 34.9 Å². The summed E-state index contributed by atoms with van der Waals surface area (Å²) in [6, 6.07) is 10.2. The maximum absolute atomic E-state index is 13.0. The summed E-state index contributed by atoms with van der Waals surface area (Å²) in [5.74, 6) is 1.15. The molecule has 0 spiro atoms. The summed E-state index contributed by atoms with van der Waals surface area (Å²) in [4.78, 5) is 29.3. The third-order valence-electron chi connectivity index (χ3n) is 5.72. The molecule has 178 valence electrons. The average molecular weight is 477 g/mol. The normalized spacial score (nSPS) is 15.0. The van der Waals surface area contributed by atoms with Crippen LogP contribution in [0.25, 0.3) is 0 Å². The van der Waals surface area contributed by atoms with Crippen molar-refractivity contribution in [2.45, 2.75) is 12.5 Å². The largest absolute Gasteiger partial charge is 0.493 e. The number of piperazine rings is 1. The van der Waals surface area contributed by atoms with Gasteiger partial charge in [0.15, 0.2) is 11.5 Å². The van der Waals surface area contributed by atoms with Gasteiger partial charge in [0.25, 0.3) is 0 Å². The van der Waals surface area contributed by atoms with E-state index in [-0.39, 0.29) is 18.3 Å². The first-order valence-corrected chi connectivity index (χ1v) is 10.9. The van der Waals surface area contributed by atoms with Gasteiger partial charge < -0.3 is 23.8 Å². The number of hydrogen-bond acceptors (Lipinski definition) is 7. The number of methoxy groups -OCH3 is 4. The lowest BCUT2D eigenvalue weighted by Gasteiger charge is -2.38. The Morgan fingerprint density at radius 2 is 1.48 bits per heavy atom. The minimum Gasteiger partial charge on any atom is -0.493 e. The second-order valence-electron chi connectivity index (χ2n) is 7.60. The highest BCUT2D eigenvalue weighted by molar-refractivity contribution is 6.30. The van der Waals surface area contributed by atoms with Gasteiger partial charge in [0.2, 0.25) is 11.7 Å². The highest BCUT2D eigenvalue weighted by Crippen LogP contribution is 2.38. The van der Waals surface area contributed by atoms with Crippen molar-refractivity contribution in [2.75, 3.05) is 54.6 Å². The highest BCUT2D eigenvalue weighted by atomic mass is 35.5. The fourth-order valence-electron chi connectivity index (χ4n) is 4.01. The Labute approximate surface area is 198 Å². The fourth-order valence-corrected chi connectivity index (χ4v) is 4.13. The van der Waals surface area contributed by atoms with Crippen molar-refractivity contribution < 1.29 is 28.5 Å². The number of nitrogens with zero attached hydrogens (tertiary/aromatic N) is 2. The monoisotopic (exact) mass is 476 g/mol. The summed E-state index contributed by atoms with van der Waals surface area (Å²) in [5, 5.41) is 0.601. The molecule has 1 aliphatic rings. The first-order chi connectivity index (χ1) is 15.9. The minimum absolute atomic E-state index is 0.00923. The molecule has 0 radical (unpaired) electrons. The molecule has 2 aromatic rings. The van der Waals surface area contributed by atoms with E-state index in [9.17, 15) is 9.59 Å². The van der Waals surface area contributed by atoms with Crippen molar-refractivity contribution >= 4 is 23.5 Å². The summed E-state index contributed by atoms with van der Waals surface area (Å²) < 4.78 is 21.1. The van der Waals surface area contributed by atoms with Crippen molar-refractivity contribution in [2.24, 2.45) is 0 Å². The number of ether oxygens (including phenoxy) is 4. The van der Waals surface area contributed by atoms with E-state index in [0.29, 0.717) is 48.5 Å². The van der Waals surface area contributed by atoms with Gasteiger partial charge in [0, 0.05) is 31.2 Å². The minimum atomic E-state index is -0.542. The van der Waals surface area contributed by atoms with Gasteiger partial charge in [-0.1, -0.05) is 23.7 Å². The smallest absolute Gasteiger partial charge is 0.327 e. The first-order valence-electron chi connectivity index (χ1n) is 10.6. The van der Waals surface area contributed by atoms with E-state index in [1.807, 2.05) is 17.0 Å². The fraction of sp³-hybridized carbons (Fsp3) is 0.417. The summed E-state index contributed by atoms with van der Waals surface area (Å²) in [6.45, 7) is 2.10. The zero-order valence-corrected chi connectivity index (χ0v) is 20.1. The molecule has 3 rings (SSSR count). The van der Waals surface area contributed by atoms with Crippen LogP contribution in [-0.2, 0) is 20.7 Å². The van der Waals surface area contributed by atoms with Crippen LogP contribution in [0.5, 0.6) is 17.2 Å². The van der Waals surface area contributed by atoms with Crippen molar-refractivity contribution in [3.05, 3.63) is 52.5 Å². The summed E-state index contributed by atoms with van der Waals surface area (Å²) in [7, 11) is 6.00. The van der Waals surface area contributed by atoms with Gasteiger partial charge in [-0.3, -0.25) is 9.69 Å². The molecule has 0 saturated carbocycles. The molecule has 2 aromatic carbocycles. The van der Waals surface area contributed by atoms with Crippen molar-refractivity contribution in [3.63, 3.8) is 0 Å². The van der Waals surface area contributed by atoms with Crippen molar-refractivity contribution in [1.82, 2.24) is 9.80 Å². The molecule has 0 aromatic heterocycles. The Morgan fingerprint density at radius 3 is 1.97 bits per heavy atom. The number of amides is 1. The molecular weight excluding hydrogens is 448 g/mol. The molecular formula is C24H29ClN2O6. The Hall–Kier alpha value is -2.97. The maximum Gasteiger partial charge on any atom is 0.327 e. The van der Waals surface area contributed by atoms with Gasteiger partial charge >= 0.3 is 5.97 Å². The molecule has 33 heavy (non-hydrogen) atoms. The molecule has 9 heteroatoms. The van der Waals surface area contributed by atoms with Gasteiger partial charge in [-0.05, 0) is 35.4 Å².